The van der Waals surface area contributed by atoms with Crippen molar-refractivity contribution in [2.75, 3.05) is 19.0 Å². The van der Waals surface area contributed by atoms with Gasteiger partial charge in [0.05, 0.1) is 6.61 Å². The monoisotopic (exact) mass is 288 g/mol. The van der Waals surface area contributed by atoms with Crippen molar-refractivity contribution in [2.45, 2.75) is 37.3 Å². The molecule has 1 saturated heterocycles. The highest BCUT2D eigenvalue weighted by Crippen LogP contribution is 2.16. The lowest BCUT2D eigenvalue weighted by Crippen LogP contribution is -2.23. The third-order valence-corrected chi connectivity index (χ3v) is 3.46. The molecule has 1 atom stereocenters. The summed E-state index contributed by atoms with van der Waals surface area (Å²) in [6, 6.07) is 0. The molecular weight excluding hydrogens is 272 g/mol. The van der Waals surface area contributed by atoms with Gasteiger partial charge in [0.1, 0.15) is 6.54 Å². The summed E-state index contributed by atoms with van der Waals surface area (Å²) in [6.07, 6.45) is 3.05. The fraction of sp³-hybridized carbons (Fsp3) is 0.800. The Kier molecular flexibility index (Phi) is 5.55. The Balaban J connectivity index is 1.67. The van der Waals surface area contributed by atoms with Crippen LogP contribution < -0.4 is 0 Å². The Labute approximate surface area is 114 Å². The Morgan fingerprint density at radius 3 is 3.21 bits per heavy atom. The van der Waals surface area contributed by atoms with E-state index in [0.29, 0.717) is 17.5 Å². The summed E-state index contributed by atoms with van der Waals surface area (Å²) in [4.78, 5) is 10.6. The van der Waals surface area contributed by atoms with Gasteiger partial charge >= 0.3 is 5.97 Å². The summed E-state index contributed by atoms with van der Waals surface area (Å²) in [5.74, 6) is -0.319. The van der Waals surface area contributed by atoms with E-state index in [1.165, 1.54) is 16.4 Å². The Bertz CT molecular complexity index is 408. The first-order valence-corrected chi connectivity index (χ1v) is 7.08. The SMILES string of the molecule is O=C(O)Cn1nnnc1SCCOC1CCCCO1. The molecular formula is C10H16N4O4S. The van der Waals surface area contributed by atoms with Crippen LogP contribution in [0.1, 0.15) is 19.3 Å². The van der Waals surface area contributed by atoms with E-state index in [4.69, 9.17) is 14.6 Å². The molecule has 0 bridgehead atoms. The summed E-state index contributed by atoms with van der Waals surface area (Å²) in [6.45, 7) is 1.05. The fourth-order valence-corrected chi connectivity index (χ4v) is 2.39. The predicted octanol–water partition coefficient (Wildman–Crippen LogP) is 0.393. The standard InChI is InChI=1S/C10H16N4O4S/c15-8(16)7-14-10(11-12-13-14)19-6-5-18-9-3-1-2-4-17-9/h9H,1-7H2,(H,15,16). The molecule has 106 valence electrons. The van der Waals surface area contributed by atoms with Crippen LogP contribution in [0.4, 0.5) is 0 Å². The highest BCUT2D eigenvalue weighted by Gasteiger charge is 2.14. The number of hydrogen-bond donors (Lipinski definition) is 1. The summed E-state index contributed by atoms with van der Waals surface area (Å²) in [5.41, 5.74) is 0. The van der Waals surface area contributed by atoms with Gasteiger partial charge in [-0.05, 0) is 29.7 Å². The molecule has 0 spiro atoms. The van der Waals surface area contributed by atoms with Crippen molar-refractivity contribution in [2.24, 2.45) is 0 Å². The number of carboxylic acid groups (broad SMARTS) is 1. The number of hydrogen-bond acceptors (Lipinski definition) is 7. The van der Waals surface area contributed by atoms with Gasteiger partial charge in [-0.15, -0.1) is 5.10 Å². The molecule has 1 N–H and O–H groups in total. The van der Waals surface area contributed by atoms with Crippen LogP contribution in [-0.2, 0) is 20.8 Å². The lowest BCUT2D eigenvalue weighted by Gasteiger charge is -2.22. The lowest BCUT2D eigenvalue weighted by atomic mass is 10.2. The van der Waals surface area contributed by atoms with Crippen molar-refractivity contribution >= 4 is 17.7 Å². The molecule has 1 unspecified atom stereocenters. The van der Waals surface area contributed by atoms with Crippen molar-refractivity contribution < 1.29 is 19.4 Å². The topological polar surface area (TPSA) is 99.4 Å². The van der Waals surface area contributed by atoms with Crippen LogP contribution in [0.5, 0.6) is 0 Å². The van der Waals surface area contributed by atoms with Gasteiger partial charge in [-0.3, -0.25) is 4.79 Å². The molecule has 0 radical (unpaired) electrons. The zero-order valence-electron chi connectivity index (χ0n) is 10.4. The molecule has 0 aromatic carbocycles. The first-order valence-electron chi connectivity index (χ1n) is 6.09. The fourth-order valence-electron chi connectivity index (χ4n) is 1.68. The minimum absolute atomic E-state index is 0.107. The minimum atomic E-state index is -0.971. The minimum Gasteiger partial charge on any atom is -0.480 e. The maximum atomic E-state index is 10.6. The normalized spacial score (nSPS) is 19.5. The van der Waals surface area contributed by atoms with Gasteiger partial charge in [0.2, 0.25) is 5.16 Å². The van der Waals surface area contributed by atoms with E-state index in [2.05, 4.69) is 15.5 Å². The molecule has 1 aliphatic heterocycles. The van der Waals surface area contributed by atoms with Crippen LogP contribution >= 0.6 is 11.8 Å². The second-order valence-corrected chi connectivity index (χ2v) is 5.09. The van der Waals surface area contributed by atoms with Crippen molar-refractivity contribution in [1.29, 1.82) is 0 Å². The van der Waals surface area contributed by atoms with E-state index < -0.39 is 5.97 Å². The van der Waals surface area contributed by atoms with E-state index in [1.807, 2.05) is 0 Å². The van der Waals surface area contributed by atoms with Crippen molar-refractivity contribution in [3.05, 3.63) is 0 Å². The summed E-state index contributed by atoms with van der Waals surface area (Å²) >= 11 is 1.37. The number of tetrazole rings is 1. The number of nitrogens with zero attached hydrogens (tertiary/aromatic N) is 4. The third kappa shape index (κ3) is 4.77. The van der Waals surface area contributed by atoms with E-state index in [-0.39, 0.29) is 12.8 Å². The zero-order chi connectivity index (χ0) is 13.5. The largest absolute Gasteiger partial charge is 0.480 e. The van der Waals surface area contributed by atoms with Crippen molar-refractivity contribution in [3.63, 3.8) is 0 Å². The van der Waals surface area contributed by atoms with Crippen molar-refractivity contribution in [1.82, 2.24) is 20.2 Å². The smallest absolute Gasteiger partial charge is 0.325 e. The molecule has 1 aliphatic rings. The number of rotatable bonds is 7. The molecule has 9 heteroatoms. The average Bonchev–Trinajstić information content (AvgIpc) is 2.82. The predicted molar refractivity (Wildman–Crippen MR) is 65.7 cm³/mol. The number of ether oxygens (including phenoxy) is 2. The molecule has 2 rings (SSSR count). The highest BCUT2D eigenvalue weighted by molar-refractivity contribution is 7.99. The summed E-state index contributed by atoms with van der Waals surface area (Å²) in [7, 11) is 0. The summed E-state index contributed by atoms with van der Waals surface area (Å²) in [5, 5.41) is 20.0. The Hall–Kier alpha value is -1.19. The maximum absolute atomic E-state index is 10.6. The molecule has 2 heterocycles. The second-order valence-electron chi connectivity index (χ2n) is 4.03. The van der Waals surface area contributed by atoms with Gasteiger partial charge in [-0.2, -0.15) is 0 Å². The lowest BCUT2D eigenvalue weighted by molar-refractivity contribution is -0.158. The molecule has 0 saturated carbocycles. The second kappa shape index (κ2) is 7.41. The van der Waals surface area contributed by atoms with E-state index >= 15 is 0 Å². The van der Waals surface area contributed by atoms with Crippen LogP contribution in [0.3, 0.4) is 0 Å². The van der Waals surface area contributed by atoms with Gasteiger partial charge in [-0.25, -0.2) is 4.68 Å². The average molecular weight is 288 g/mol. The Morgan fingerprint density at radius 2 is 2.47 bits per heavy atom. The number of aromatic nitrogens is 4. The quantitative estimate of drug-likeness (QED) is 0.568. The van der Waals surface area contributed by atoms with Gasteiger partial charge in [0, 0.05) is 12.4 Å². The molecule has 1 aromatic heterocycles. The third-order valence-electron chi connectivity index (χ3n) is 2.54. The number of carboxylic acids is 1. The van der Waals surface area contributed by atoms with Gasteiger partial charge < -0.3 is 14.6 Å². The number of thioether (sulfide) groups is 1. The molecule has 1 aromatic rings. The van der Waals surface area contributed by atoms with Gasteiger partial charge in [0.15, 0.2) is 6.29 Å². The summed E-state index contributed by atoms with van der Waals surface area (Å²) < 4.78 is 12.3. The Morgan fingerprint density at radius 1 is 1.58 bits per heavy atom. The number of carbonyl (C=O) groups is 1. The van der Waals surface area contributed by atoms with Gasteiger partial charge in [0.25, 0.3) is 0 Å². The maximum Gasteiger partial charge on any atom is 0.325 e. The van der Waals surface area contributed by atoms with Crippen LogP contribution in [-0.4, -0.2) is 56.5 Å². The van der Waals surface area contributed by atoms with Gasteiger partial charge in [-0.1, -0.05) is 11.8 Å². The van der Waals surface area contributed by atoms with E-state index in [9.17, 15) is 4.79 Å². The van der Waals surface area contributed by atoms with E-state index in [0.717, 1.165) is 25.9 Å². The van der Waals surface area contributed by atoms with E-state index in [1.54, 1.807) is 0 Å². The van der Waals surface area contributed by atoms with Crippen LogP contribution in [0.25, 0.3) is 0 Å². The molecule has 0 amide bonds. The van der Waals surface area contributed by atoms with Crippen molar-refractivity contribution in [3.8, 4) is 0 Å². The first kappa shape index (κ1) is 14.2. The van der Waals surface area contributed by atoms with Crippen LogP contribution in [0, 0.1) is 0 Å². The van der Waals surface area contributed by atoms with Crippen LogP contribution in [0.15, 0.2) is 5.16 Å². The molecule has 19 heavy (non-hydrogen) atoms. The van der Waals surface area contributed by atoms with Crippen LogP contribution in [0.2, 0.25) is 0 Å². The molecule has 1 fully saturated rings. The molecule has 0 aliphatic carbocycles. The first-order chi connectivity index (χ1) is 9.25. The molecule has 8 nitrogen and oxygen atoms in total. The zero-order valence-corrected chi connectivity index (χ0v) is 11.2. The highest BCUT2D eigenvalue weighted by atomic mass is 32.2. The number of aliphatic carboxylic acids is 1.